The van der Waals surface area contributed by atoms with Gasteiger partial charge in [-0.05, 0) is 24.3 Å². The number of aliphatic hydroxyl groups is 1. The van der Waals surface area contributed by atoms with Crippen LogP contribution in [0.1, 0.15) is 5.69 Å². The highest BCUT2D eigenvalue weighted by atomic mass is 16.5. The van der Waals surface area contributed by atoms with Crippen LogP contribution in [-0.4, -0.2) is 34.3 Å². The molecule has 0 saturated carbocycles. The van der Waals surface area contributed by atoms with Crippen molar-refractivity contribution in [3.05, 3.63) is 48.4 Å². The Kier molecular flexibility index (Phi) is 4.25. The van der Waals surface area contributed by atoms with Crippen LogP contribution in [0, 0.1) is 0 Å². The molecule has 0 unspecified atom stereocenters. The molecule has 0 saturated heterocycles. The molecule has 118 valence electrons. The van der Waals surface area contributed by atoms with Gasteiger partial charge in [0.05, 0.1) is 37.8 Å². The van der Waals surface area contributed by atoms with Crippen molar-refractivity contribution >= 4 is 0 Å². The number of benzene rings is 1. The standard InChI is InChI=1S/C17H17N3O3/c1-22-12-5-6-13(15(8-12)23-2)17-19-14(10-21)16(20-17)11-4-3-7-18-9-11/h3-9,21H,10H2,1-2H3,(H,19,20). The van der Waals surface area contributed by atoms with Gasteiger partial charge in [-0.3, -0.25) is 4.98 Å². The number of aromatic amines is 1. The minimum atomic E-state index is -0.143. The van der Waals surface area contributed by atoms with E-state index in [9.17, 15) is 5.11 Å². The monoisotopic (exact) mass is 311 g/mol. The van der Waals surface area contributed by atoms with Gasteiger partial charge in [0, 0.05) is 24.0 Å². The zero-order valence-corrected chi connectivity index (χ0v) is 12.9. The molecule has 0 aliphatic carbocycles. The molecule has 0 fully saturated rings. The van der Waals surface area contributed by atoms with Crippen LogP contribution in [0.4, 0.5) is 0 Å². The number of pyridine rings is 1. The summed E-state index contributed by atoms with van der Waals surface area (Å²) in [5, 5.41) is 9.61. The number of aliphatic hydroxyl groups excluding tert-OH is 1. The maximum Gasteiger partial charge on any atom is 0.142 e. The third-order valence-electron chi connectivity index (χ3n) is 3.54. The van der Waals surface area contributed by atoms with Crippen LogP contribution in [0.5, 0.6) is 11.5 Å². The van der Waals surface area contributed by atoms with Gasteiger partial charge >= 0.3 is 0 Å². The fourth-order valence-corrected chi connectivity index (χ4v) is 2.39. The number of hydrogen-bond acceptors (Lipinski definition) is 5. The van der Waals surface area contributed by atoms with Gasteiger partial charge in [-0.25, -0.2) is 4.98 Å². The van der Waals surface area contributed by atoms with E-state index in [1.807, 2.05) is 24.3 Å². The predicted molar refractivity (Wildman–Crippen MR) is 86.3 cm³/mol. The van der Waals surface area contributed by atoms with Crippen molar-refractivity contribution in [2.45, 2.75) is 6.61 Å². The largest absolute Gasteiger partial charge is 0.497 e. The van der Waals surface area contributed by atoms with Gasteiger partial charge in [0.1, 0.15) is 17.3 Å². The number of imidazole rings is 1. The second-order valence-corrected chi connectivity index (χ2v) is 4.88. The molecule has 0 radical (unpaired) electrons. The van der Waals surface area contributed by atoms with Gasteiger partial charge in [0.25, 0.3) is 0 Å². The van der Waals surface area contributed by atoms with Gasteiger partial charge in [0.2, 0.25) is 0 Å². The van der Waals surface area contributed by atoms with Crippen LogP contribution in [0.2, 0.25) is 0 Å². The Labute approximate surface area is 133 Å². The van der Waals surface area contributed by atoms with E-state index in [-0.39, 0.29) is 6.61 Å². The molecule has 2 N–H and O–H groups in total. The van der Waals surface area contributed by atoms with E-state index in [1.54, 1.807) is 32.7 Å². The number of nitrogens with zero attached hydrogens (tertiary/aromatic N) is 2. The molecule has 6 nitrogen and oxygen atoms in total. The van der Waals surface area contributed by atoms with Crippen molar-refractivity contribution < 1.29 is 14.6 Å². The Morgan fingerprint density at radius 1 is 1.17 bits per heavy atom. The normalized spacial score (nSPS) is 10.6. The molecule has 2 heterocycles. The van der Waals surface area contributed by atoms with Crippen molar-refractivity contribution in [1.82, 2.24) is 15.0 Å². The Balaban J connectivity index is 2.10. The summed E-state index contributed by atoms with van der Waals surface area (Å²) >= 11 is 0. The van der Waals surface area contributed by atoms with Gasteiger partial charge in [-0.2, -0.15) is 0 Å². The number of methoxy groups -OCH3 is 2. The summed E-state index contributed by atoms with van der Waals surface area (Å²) in [7, 11) is 3.20. The summed E-state index contributed by atoms with van der Waals surface area (Å²) in [5.41, 5.74) is 2.93. The molecule has 0 bridgehead atoms. The second-order valence-electron chi connectivity index (χ2n) is 4.88. The number of hydrogen-bond donors (Lipinski definition) is 2. The molecule has 1 aromatic carbocycles. The summed E-state index contributed by atoms with van der Waals surface area (Å²) in [6, 6.07) is 9.23. The molecule has 0 aliphatic rings. The predicted octanol–water partition coefficient (Wildman–Crippen LogP) is 2.65. The van der Waals surface area contributed by atoms with Gasteiger partial charge in [0.15, 0.2) is 0 Å². The average molecular weight is 311 g/mol. The van der Waals surface area contributed by atoms with Gasteiger partial charge in [-0.15, -0.1) is 0 Å². The maximum atomic E-state index is 9.61. The first-order chi connectivity index (χ1) is 11.3. The lowest BCUT2D eigenvalue weighted by atomic mass is 10.1. The summed E-state index contributed by atoms with van der Waals surface area (Å²) in [4.78, 5) is 11.9. The van der Waals surface area contributed by atoms with Crippen LogP contribution in [0.25, 0.3) is 22.6 Å². The van der Waals surface area contributed by atoms with Crippen molar-refractivity contribution in [1.29, 1.82) is 0 Å². The molecular weight excluding hydrogens is 294 g/mol. The van der Waals surface area contributed by atoms with E-state index in [0.717, 1.165) is 11.1 Å². The minimum absolute atomic E-state index is 0.143. The van der Waals surface area contributed by atoms with Crippen molar-refractivity contribution in [3.63, 3.8) is 0 Å². The number of rotatable bonds is 5. The molecular formula is C17H17N3O3. The fraction of sp³-hybridized carbons (Fsp3) is 0.176. The summed E-state index contributed by atoms with van der Waals surface area (Å²) < 4.78 is 10.6. The topological polar surface area (TPSA) is 80.3 Å². The highest BCUT2D eigenvalue weighted by Gasteiger charge is 2.16. The average Bonchev–Trinajstić information content (AvgIpc) is 3.06. The minimum Gasteiger partial charge on any atom is -0.497 e. The first-order valence-corrected chi connectivity index (χ1v) is 7.09. The number of aromatic nitrogens is 3. The zero-order valence-electron chi connectivity index (χ0n) is 12.9. The Morgan fingerprint density at radius 2 is 2.04 bits per heavy atom. The van der Waals surface area contributed by atoms with Crippen molar-refractivity contribution in [2.24, 2.45) is 0 Å². The summed E-state index contributed by atoms with van der Waals surface area (Å²) in [6.45, 7) is -0.143. The van der Waals surface area contributed by atoms with E-state index >= 15 is 0 Å². The molecule has 0 aliphatic heterocycles. The van der Waals surface area contributed by atoms with Gasteiger partial charge < -0.3 is 19.6 Å². The van der Waals surface area contributed by atoms with Crippen molar-refractivity contribution in [3.8, 4) is 34.1 Å². The smallest absolute Gasteiger partial charge is 0.142 e. The fourth-order valence-electron chi connectivity index (χ4n) is 2.39. The van der Waals surface area contributed by atoms with Crippen LogP contribution in [0.15, 0.2) is 42.7 Å². The molecule has 0 spiro atoms. The van der Waals surface area contributed by atoms with E-state index in [4.69, 9.17) is 9.47 Å². The lowest BCUT2D eigenvalue weighted by molar-refractivity contribution is 0.278. The van der Waals surface area contributed by atoms with E-state index in [2.05, 4.69) is 15.0 Å². The van der Waals surface area contributed by atoms with E-state index in [0.29, 0.717) is 28.7 Å². The molecule has 3 aromatic rings. The third-order valence-corrected chi connectivity index (χ3v) is 3.54. The maximum absolute atomic E-state index is 9.61. The quantitative estimate of drug-likeness (QED) is 0.757. The first kappa shape index (κ1) is 15.1. The zero-order chi connectivity index (χ0) is 16.2. The van der Waals surface area contributed by atoms with E-state index in [1.165, 1.54) is 0 Å². The number of H-pyrrole nitrogens is 1. The Hall–Kier alpha value is -2.86. The highest BCUT2D eigenvalue weighted by Crippen LogP contribution is 2.33. The summed E-state index contributed by atoms with van der Waals surface area (Å²) in [5.74, 6) is 1.96. The molecule has 0 amide bonds. The first-order valence-electron chi connectivity index (χ1n) is 7.09. The molecule has 3 rings (SSSR count). The van der Waals surface area contributed by atoms with Gasteiger partial charge in [-0.1, -0.05) is 0 Å². The van der Waals surface area contributed by atoms with Crippen LogP contribution < -0.4 is 9.47 Å². The van der Waals surface area contributed by atoms with E-state index < -0.39 is 0 Å². The van der Waals surface area contributed by atoms with Crippen LogP contribution in [0.3, 0.4) is 0 Å². The Bertz CT molecular complexity index is 800. The molecule has 23 heavy (non-hydrogen) atoms. The van der Waals surface area contributed by atoms with Crippen LogP contribution in [-0.2, 0) is 6.61 Å². The number of ether oxygens (including phenoxy) is 2. The van der Waals surface area contributed by atoms with Crippen LogP contribution >= 0.6 is 0 Å². The number of nitrogens with one attached hydrogen (secondary N) is 1. The highest BCUT2D eigenvalue weighted by molar-refractivity contribution is 5.71. The SMILES string of the molecule is COc1ccc(-c2nc(-c3cccnc3)c(CO)[nH]2)c(OC)c1. The molecule has 6 heteroatoms. The lowest BCUT2D eigenvalue weighted by Crippen LogP contribution is -1.91. The Morgan fingerprint density at radius 3 is 2.70 bits per heavy atom. The van der Waals surface area contributed by atoms with Crippen molar-refractivity contribution in [2.75, 3.05) is 14.2 Å². The molecule has 0 atom stereocenters. The third kappa shape index (κ3) is 2.89. The lowest BCUT2D eigenvalue weighted by Gasteiger charge is -2.08. The summed E-state index contributed by atoms with van der Waals surface area (Å²) in [6.07, 6.45) is 3.41. The second kappa shape index (κ2) is 6.50. The molecule has 2 aromatic heterocycles.